The molecule has 0 aromatic heterocycles. The third-order valence-corrected chi connectivity index (χ3v) is 3.90. The minimum atomic E-state index is -4.76. The van der Waals surface area contributed by atoms with Gasteiger partial charge in [-0.2, -0.15) is 0 Å². The first kappa shape index (κ1) is 17.6. The molecule has 2 N–H and O–H groups in total. The van der Waals surface area contributed by atoms with Gasteiger partial charge >= 0.3 is 6.36 Å². The van der Waals surface area contributed by atoms with Gasteiger partial charge in [0.25, 0.3) is 0 Å². The summed E-state index contributed by atoms with van der Waals surface area (Å²) in [7, 11) is 0. The number of carbonyl (C=O) groups is 1. The van der Waals surface area contributed by atoms with Gasteiger partial charge in [0.2, 0.25) is 5.91 Å². The van der Waals surface area contributed by atoms with Crippen molar-refractivity contribution in [3.8, 4) is 5.75 Å². The van der Waals surface area contributed by atoms with Gasteiger partial charge in [-0.25, -0.2) is 0 Å². The van der Waals surface area contributed by atoms with E-state index in [1.807, 2.05) is 0 Å². The first-order valence-corrected chi connectivity index (χ1v) is 7.60. The van der Waals surface area contributed by atoms with E-state index in [9.17, 15) is 23.1 Å². The second-order valence-corrected chi connectivity index (χ2v) is 5.93. The van der Waals surface area contributed by atoms with Crippen LogP contribution in [0.1, 0.15) is 37.7 Å². The number of nitrogens with one attached hydrogen (secondary N) is 1. The van der Waals surface area contributed by atoms with Gasteiger partial charge in [0.1, 0.15) is 5.75 Å². The zero-order valence-electron chi connectivity index (χ0n) is 12.7. The van der Waals surface area contributed by atoms with Gasteiger partial charge in [-0.05, 0) is 30.5 Å². The summed E-state index contributed by atoms with van der Waals surface area (Å²) in [6.07, 6.45) is -0.560. The van der Waals surface area contributed by atoms with Crippen LogP contribution >= 0.6 is 0 Å². The molecular weight excluding hydrogens is 311 g/mol. The van der Waals surface area contributed by atoms with Gasteiger partial charge in [0.15, 0.2) is 0 Å². The van der Waals surface area contributed by atoms with Crippen molar-refractivity contribution in [1.82, 2.24) is 5.32 Å². The Kier molecular flexibility index (Phi) is 5.51. The van der Waals surface area contributed by atoms with Crippen LogP contribution in [0.15, 0.2) is 24.3 Å². The minimum absolute atomic E-state index is 0.0643. The van der Waals surface area contributed by atoms with Crippen molar-refractivity contribution in [3.05, 3.63) is 29.8 Å². The Morgan fingerprint density at radius 2 is 1.96 bits per heavy atom. The van der Waals surface area contributed by atoms with E-state index in [1.165, 1.54) is 18.2 Å². The quantitative estimate of drug-likeness (QED) is 0.872. The van der Waals surface area contributed by atoms with Gasteiger partial charge in [0, 0.05) is 6.54 Å². The van der Waals surface area contributed by atoms with Gasteiger partial charge in [-0.3, -0.25) is 4.79 Å². The Hall–Kier alpha value is -1.76. The van der Waals surface area contributed by atoms with Crippen LogP contribution in [0, 0.1) is 0 Å². The highest BCUT2D eigenvalue weighted by atomic mass is 19.4. The Morgan fingerprint density at radius 3 is 2.61 bits per heavy atom. The first-order chi connectivity index (χ1) is 10.8. The molecule has 1 aliphatic carbocycles. The van der Waals surface area contributed by atoms with E-state index >= 15 is 0 Å². The summed E-state index contributed by atoms with van der Waals surface area (Å²) < 4.78 is 40.3. The van der Waals surface area contributed by atoms with Crippen LogP contribution in [0.5, 0.6) is 5.75 Å². The predicted molar refractivity (Wildman–Crippen MR) is 77.9 cm³/mol. The monoisotopic (exact) mass is 331 g/mol. The SMILES string of the molecule is O=C(Cc1cccc(OC(F)(F)F)c1)NCC1(O)CCCCC1. The van der Waals surface area contributed by atoms with E-state index in [0.29, 0.717) is 18.4 Å². The molecular formula is C16H20F3NO3. The average Bonchev–Trinajstić information content (AvgIpc) is 2.45. The second kappa shape index (κ2) is 7.21. The molecule has 7 heteroatoms. The molecule has 1 saturated carbocycles. The normalized spacial score (nSPS) is 17.6. The molecule has 4 nitrogen and oxygen atoms in total. The lowest BCUT2D eigenvalue weighted by molar-refractivity contribution is -0.274. The fourth-order valence-electron chi connectivity index (χ4n) is 2.75. The van der Waals surface area contributed by atoms with Crippen LogP contribution in [-0.4, -0.2) is 29.5 Å². The molecule has 23 heavy (non-hydrogen) atoms. The molecule has 0 radical (unpaired) electrons. The molecule has 0 aliphatic heterocycles. The first-order valence-electron chi connectivity index (χ1n) is 7.60. The fourth-order valence-corrected chi connectivity index (χ4v) is 2.75. The smallest absolute Gasteiger partial charge is 0.406 e. The summed E-state index contributed by atoms with van der Waals surface area (Å²) in [6.45, 7) is 0.171. The molecule has 2 rings (SSSR count). The van der Waals surface area contributed by atoms with Crippen molar-refractivity contribution in [3.63, 3.8) is 0 Å². The highest BCUT2D eigenvalue weighted by Gasteiger charge is 2.31. The number of amides is 1. The molecule has 0 heterocycles. The van der Waals surface area contributed by atoms with Crippen LogP contribution < -0.4 is 10.1 Å². The highest BCUT2D eigenvalue weighted by Crippen LogP contribution is 2.27. The summed E-state index contributed by atoms with van der Waals surface area (Å²) in [4.78, 5) is 11.9. The summed E-state index contributed by atoms with van der Waals surface area (Å²) in [5, 5.41) is 13.0. The molecule has 1 aliphatic rings. The number of benzene rings is 1. The number of ether oxygens (including phenoxy) is 1. The molecule has 0 saturated heterocycles. The van der Waals surface area contributed by atoms with Crippen LogP contribution in [0.4, 0.5) is 13.2 Å². The van der Waals surface area contributed by atoms with Gasteiger partial charge in [-0.1, -0.05) is 31.4 Å². The zero-order chi connectivity index (χ0) is 16.9. The molecule has 0 spiro atoms. The molecule has 0 unspecified atom stereocenters. The minimum Gasteiger partial charge on any atom is -0.406 e. The van der Waals surface area contributed by atoms with E-state index in [4.69, 9.17) is 0 Å². The van der Waals surface area contributed by atoms with E-state index in [1.54, 1.807) is 6.07 Å². The lowest BCUT2D eigenvalue weighted by Gasteiger charge is -2.32. The number of hydrogen-bond acceptors (Lipinski definition) is 3. The number of rotatable bonds is 5. The van der Waals surface area contributed by atoms with Crippen LogP contribution in [-0.2, 0) is 11.2 Å². The van der Waals surface area contributed by atoms with E-state index in [0.717, 1.165) is 19.3 Å². The highest BCUT2D eigenvalue weighted by molar-refractivity contribution is 5.78. The van der Waals surface area contributed by atoms with E-state index in [2.05, 4.69) is 10.1 Å². The third-order valence-electron chi connectivity index (χ3n) is 3.90. The van der Waals surface area contributed by atoms with Crippen molar-refractivity contribution < 1.29 is 27.8 Å². The maximum atomic E-state index is 12.2. The van der Waals surface area contributed by atoms with Crippen molar-refractivity contribution in [2.75, 3.05) is 6.54 Å². The molecule has 0 bridgehead atoms. The van der Waals surface area contributed by atoms with Gasteiger partial charge in [-0.15, -0.1) is 13.2 Å². The Bertz CT molecular complexity index is 540. The second-order valence-electron chi connectivity index (χ2n) is 5.93. The molecule has 128 valence electrons. The number of aliphatic hydroxyl groups is 1. The summed E-state index contributed by atoms with van der Waals surface area (Å²) in [6, 6.07) is 5.32. The van der Waals surface area contributed by atoms with Crippen molar-refractivity contribution in [2.45, 2.75) is 50.5 Å². The maximum Gasteiger partial charge on any atom is 0.573 e. The van der Waals surface area contributed by atoms with Crippen molar-refractivity contribution in [1.29, 1.82) is 0 Å². The van der Waals surface area contributed by atoms with Crippen LogP contribution in [0.25, 0.3) is 0 Å². The number of halogens is 3. The predicted octanol–water partition coefficient (Wildman–Crippen LogP) is 2.94. The van der Waals surface area contributed by atoms with Crippen LogP contribution in [0.2, 0.25) is 0 Å². The van der Waals surface area contributed by atoms with Crippen LogP contribution in [0.3, 0.4) is 0 Å². The summed E-state index contributed by atoms with van der Waals surface area (Å²) in [5.74, 6) is -0.693. The lowest BCUT2D eigenvalue weighted by Crippen LogP contribution is -2.44. The standard InChI is InChI=1S/C16H20F3NO3/c17-16(18,19)23-13-6-4-5-12(9-13)10-14(21)20-11-15(22)7-2-1-3-8-15/h4-6,9,22H,1-3,7-8,10-11H2,(H,20,21). The summed E-state index contributed by atoms with van der Waals surface area (Å²) in [5.41, 5.74) is -0.449. The number of carbonyl (C=O) groups excluding carboxylic acids is 1. The van der Waals surface area contributed by atoms with E-state index in [-0.39, 0.29) is 24.6 Å². The molecule has 0 atom stereocenters. The Balaban J connectivity index is 1.86. The van der Waals surface area contributed by atoms with Gasteiger partial charge < -0.3 is 15.2 Å². The largest absolute Gasteiger partial charge is 0.573 e. The number of alkyl halides is 3. The van der Waals surface area contributed by atoms with Crippen molar-refractivity contribution >= 4 is 5.91 Å². The molecule has 1 amide bonds. The Labute approximate surface area is 132 Å². The van der Waals surface area contributed by atoms with Crippen molar-refractivity contribution in [2.24, 2.45) is 0 Å². The lowest BCUT2D eigenvalue weighted by atomic mass is 9.85. The van der Waals surface area contributed by atoms with E-state index < -0.39 is 12.0 Å². The fraction of sp³-hybridized carbons (Fsp3) is 0.562. The molecule has 1 fully saturated rings. The topological polar surface area (TPSA) is 58.6 Å². The number of hydrogen-bond donors (Lipinski definition) is 2. The zero-order valence-corrected chi connectivity index (χ0v) is 12.7. The average molecular weight is 331 g/mol. The summed E-state index contributed by atoms with van der Waals surface area (Å²) >= 11 is 0. The third kappa shape index (κ3) is 6.09. The maximum absolute atomic E-state index is 12.2. The molecule has 1 aromatic rings. The molecule has 1 aromatic carbocycles. The Morgan fingerprint density at radius 1 is 1.26 bits per heavy atom. The van der Waals surface area contributed by atoms with Gasteiger partial charge in [0.05, 0.1) is 12.0 Å².